The summed E-state index contributed by atoms with van der Waals surface area (Å²) in [6, 6.07) is 13.0. The van der Waals surface area contributed by atoms with E-state index in [1.807, 2.05) is 19.1 Å². The number of amides is 3. The van der Waals surface area contributed by atoms with Crippen LogP contribution in [0.4, 0.5) is 4.79 Å². The number of hydrogen-bond acceptors (Lipinski definition) is 4. The van der Waals surface area contributed by atoms with Crippen LogP contribution in [-0.4, -0.2) is 16.8 Å². The molecule has 1 aliphatic rings. The molecule has 28 heavy (non-hydrogen) atoms. The predicted molar refractivity (Wildman–Crippen MR) is 105 cm³/mol. The second-order valence-electron chi connectivity index (χ2n) is 7.04. The highest BCUT2D eigenvalue weighted by atomic mass is 35.5. The van der Waals surface area contributed by atoms with Gasteiger partial charge in [0.1, 0.15) is 11.1 Å². The van der Waals surface area contributed by atoms with E-state index in [9.17, 15) is 14.4 Å². The Bertz CT molecular complexity index is 1170. The largest absolute Gasteiger partial charge is 0.423 e. The highest BCUT2D eigenvalue weighted by molar-refractivity contribution is 6.30. The first-order valence-electron chi connectivity index (χ1n) is 8.71. The van der Waals surface area contributed by atoms with Gasteiger partial charge in [0.25, 0.3) is 5.91 Å². The number of benzene rings is 2. The molecule has 2 heterocycles. The number of rotatable bonds is 3. The van der Waals surface area contributed by atoms with Crippen molar-refractivity contribution in [3.05, 3.63) is 80.7 Å². The van der Waals surface area contributed by atoms with Gasteiger partial charge in [-0.2, -0.15) is 0 Å². The molecule has 1 atom stereocenters. The van der Waals surface area contributed by atoms with Crippen molar-refractivity contribution in [1.29, 1.82) is 0 Å². The van der Waals surface area contributed by atoms with Crippen molar-refractivity contribution >= 4 is 34.5 Å². The first-order valence-corrected chi connectivity index (χ1v) is 9.09. The number of urea groups is 1. The van der Waals surface area contributed by atoms with E-state index in [-0.39, 0.29) is 6.54 Å². The van der Waals surface area contributed by atoms with E-state index in [0.717, 1.165) is 10.5 Å². The van der Waals surface area contributed by atoms with E-state index in [2.05, 4.69) is 5.32 Å². The summed E-state index contributed by atoms with van der Waals surface area (Å²) in [6.45, 7) is 3.51. The van der Waals surface area contributed by atoms with Crippen molar-refractivity contribution in [1.82, 2.24) is 10.2 Å². The van der Waals surface area contributed by atoms with E-state index in [4.69, 9.17) is 16.0 Å². The standard InChI is InChI=1S/C21H17ClN2O4/c1-12-3-8-16-13(10-18(25)28-17(16)9-12)11-24-19(26)21(2,23-20(24)27)14-4-6-15(22)7-5-14/h3-10H,11H2,1-2H3,(H,23,27)/t21-/m0/s1. The van der Waals surface area contributed by atoms with Gasteiger partial charge in [-0.05, 0) is 48.7 Å². The van der Waals surface area contributed by atoms with Crippen molar-refractivity contribution in [3.8, 4) is 0 Å². The Hall–Kier alpha value is -3.12. The Morgan fingerprint density at radius 1 is 1.07 bits per heavy atom. The molecular weight excluding hydrogens is 380 g/mol. The van der Waals surface area contributed by atoms with Crippen molar-refractivity contribution in [2.45, 2.75) is 25.9 Å². The highest BCUT2D eigenvalue weighted by Gasteiger charge is 2.49. The van der Waals surface area contributed by atoms with E-state index >= 15 is 0 Å². The predicted octanol–water partition coefficient (Wildman–Crippen LogP) is 3.72. The zero-order valence-electron chi connectivity index (χ0n) is 15.3. The smallest absolute Gasteiger partial charge is 0.336 e. The van der Waals surface area contributed by atoms with Crippen molar-refractivity contribution in [2.75, 3.05) is 0 Å². The second-order valence-corrected chi connectivity index (χ2v) is 7.48. The number of imide groups is 1. The monoisotopic (exact) mass is 396 g/mol. The molecular formula is C21H17ClN2O4. The van der Waals surface area contributed by atoms with Gasteiger partial charge in [-0.1, -0.05) is 35.9 Å². The normalized spacial score (nSPS) is 19.3. The summed E-state index contributed by atoms with van der Waals surface area (Å²) in [7, 11) is 0. The number of carbonyl (C=O) groups is 2. The average molecular weight is 397 g/mol. The molecule has 3 amide bonds. The quantitative estimate of drug-likeness (QED) is 0.540. The first-order chi connectivity index (χ1) is 13.3. The van der Waals surface area contributed by atoms with Gasteiger partial charge in [0.05, 0.1) is 6.54 Å². The fourth-order valence-corrected chi connectivity index (χ4v) is 3.58. The van der Waals surface area contributed by atoms with Gasteiger partial charge in [-0.15, -0.1) is 0 Å². The summed E-state index contributed by atoms with van der Waals surface area (Å²) >= 11 is 5.93. The molecule has 1 aliphatic heterocycles. The average Bonchev–Trinajstić information content (AvgIpc) is 2.85. The molecule has 0 saturated carbocycles. The lowest BCUT2D eigenvalue weighted by Crippen LogP contribution is -2.40. The lowest BCUT2D eigenvalue weighted by Gasteiger charge is -2.22. The van der Waals surface area contributed by atoms with E-state index < -0.39 is 23.1 Å². The third-order valence-electron chi connectivity index (χ3n) is 5.01. The van der Waals surface area contributed by atoms with Crippen LogP contribution < -0.4 is 10.9 Å². The van der Waals surface area contributed by atoms with Gasteiger partial charge < -0.3 is 9.73 Å². The van der Waals surface area contributed by atoms with Gasteiger partial charge >= 0.3 is 11.7 Å². The summed E-state index contributed by atoms with van der Waals surface area (Å²) in [5.74, 6) is -0.395. The molecule has 3 aromatic rings. The maximum atomic E-state index is 13.1. The summed E-state index contributed by atoms with van der Waals surface area (Å²) in [4.78, 5) is 38.8. The molecule has 2 aromatic carbocycles. The molecule has 1 fully saturated rings. The van der Waals surface area contributed by atoms with E-state index in [1.54, 1.807) is 37.3 Å². The zero-order valence-corrected chi connectivity index (χ0v) is 16.0. The first kappa shape index (κ1) is 18.3. The summed E-state index contributed by atoms with van der Waals surface area (Å²) in [5, 5.41) is 3.98. The van der Waals surface area contributed by atoms with Crippen LogP contribution in [0.3, 0.4) is 0 Å². The highest BCUT2D eigenvalue weighted by Crippen LogP contribution is 2.31. The number of carbonyl (C=O) groups excluding carboxylic acids is 2. The minimum absolute atomic E-state index is 0.0288. The molecule has 0 bridgehead atoms. The van der Waals surface area contributed by atoms with Crippen molar-refractivity contribution < 1.29 is 14.0 Å². The van der Waals surface area contributed by atoms with Crippen LogP contribution in [0.1, 0.15) is 23.6 Å². The summed E-state index contributed by atoms with van der Waals surface area (Å²) in [5.41, 5.74) is 0.822. The Morgan fingerprint density at radius 2 is 1.79 bits per heavy atom. The number of nitrogens with zero attached hydrogens (tertiary/aromatic N) is 1. The van der Waals surface area contributed by atoms with Crippen LogP contribution in [0.2, 0.25) is 5.02 Å². The lowest BCUT2D eigenvalue weighted by molar-refractivity contribution is -0.131. The van der Waals surface area contributed by atoms with Crippen molar-refractivity contribution in [2.24, 2.45) is 0 Å². The van der Waals surface area contributed by atoms with Gasteiger partial charge in [0, 0.05) is 16.5 Å². The van der Waals surface area contributed by atoms with E-state index in [0.29, 0.717) is 27.1 Å². The fraction of sp³-hybridized carbons (Fsp3) is 0.190. The number of hydrogen-bond donors (Lipinski definition) is 1. The van der Waals surface area contributed by atoms with Crippen LogP contribution in [0.25, 0.3) is 11.0 Å². The second kappa shape index (κ2) is 6.49. The molecule has 1 N–H and O–H groups in total. The van der Waals surface area contributed by atoms with Crippen LogP contribution in [0.5, 0.6) is 0 Å². The summed E-state index contributed by atoms with van der Waals surface area (Å²) < 4.78 is 5.25. The molecule has 1 saturated heterocycles. The van der Waals surface area contributed by atoms with Crippen LogP contribution in [-0.2, 0) is 16.9 Å². The number of fused-ring (bicyclic) bond motifs is 1. The molecule has 4 rings (SSSR count). The molecule has 142 valence electrons. The Labute approximate surface area is 165 Å². The molecule has 0 unspecified atom stereocenters. The Kier molecular flexibility index (Phi) is 4.23. The van der Waals surface area contributed by atoms with Gasteiger partial charge in [0.15, 0.2) is 0 Å². The fourth-order valence-electron chi connectivity index (χ4n) is 3.46. The Morgan fingerprint density at radius 3 is 2.50 bits per heavy atom. The van der Waals surface area contributed by atoms with Crippen LogP contribution in [0.15, 0.2) is 57.7 Å². The minimum atomic E-state index is -1.20. The van der Waals surface area contributed by atoms with E-state index in [1.165, 1.54) is 6.07 Å². The van der Waals surface area contributed by atoms with Gasteiger partial charge in [-0.25, -0.2) is 9.59 Å². The molecule has 1 aromatic heterocycles. The van der Waals surface area contributed by atoms with Gasteiger partial charge in [0.2, 0.25) is 0 Å². The zero-order chi connectivity index (χ0) is 20.1. The number of halogens is 1. The maximum Gasteiger partial charge on any atom is 0.336 e. The number of nitrogens with one attached hydrogen (secondary N) is 1. The van der Waals surface area contributed by atoms with Crippen LogP contribution in [0, 0.1) is 6.92 Å². The lowest BCUT2D eigenvalue weighted by atomic mass is 9.92. The van der Waals surface area contributed by atoms with Crippen molar-refractivity contribution in [3.63, 3.8) is 0 Å². The molecule has 0 spiro atoms. The van der Waals surface area contributed by atoms with Crippen LogP contribution >= 0.6 is 11.6 Å². The third-order valence-corrected chi connectivity index (χ3v) is 5.26. The topological polar surface area (TPSA) is 79.6 Å². The maximum absolute atomic E-state index is 13.1. The summed E-state index contributed by atoms with van der Waals surface area (Å²) in [6.07, 6.45) is 0. The Balaban J connectivity index is 1.72. The molecule has 0 aliphatic carbocycles. The van der Waals surface area contributed by atoms with Gasteiger partial charge in [-0.3, -0.25) is 9.69 Å². The molecule has 7 heteroatoms. The minimum Gasteiger partial charge on any atom is -0.423 e. The third kappa shape index (κ3) is 2.96. The number of aryl methyl sites for hydroxylation is 1. The molecule has 0 radical (unpaired) electrons. The molecule has 6 nitrogen and oxygen atoms in total. The SMILES string of the molecule is Cc1ccc2c(CN3C(=O)N[C@@](C)(c4ccc(Cl)cc4)C3=O)cc(=O)oc2c1.